The second kappa shape index (κ2) is 5.67. The molecule has 5 nitrogen and oxygen atoms in total. The van der Waals surface area contributed by atoms with E-state index < -0.39 is 0 Å². The van der Waals surface area contributed by atoms with Gasteiger partial charge in [0.25, 0.3) is 5.91 Å². The van der Waals surface area contributed by atoms with Crippen LogP contribution in [-0.4, -0.2) is 24.0 Å². The van der Waals surface area contributed by atoms with E-state index in [-0.39, 0.29) is 11.7 Å². The van der Waals surface area contributed by atoms with Crippen molar-refractivity contribution in [2.75, 3.05) is 29.0 Å². The van der Waals surface area contributed by atoms with Crippen LogP contribution in [0.5, 0.6) is 0 Å². The monoisotopic (exact) mass is 368 g/mol. The number of benzene rings is 1. The number of hydrogen-bond acceptors (Lipinski definition) is 5. The topological polar surface area (TPSA) is 71.2 Å². The van der Waals surface area contributed by atoms with E-state index >= 15 is 0 Å². The molecule has 132 valence electrons. The van der Waals surface area contributed by atoms with Crippen molar-refractivity contribution in [3.8, 4) is 0 Å². The lowest BCUT2D eigenvalue weighted by atomic mass is 9.86. The van der Waals surface area contributed by atoms with Gasteiger partial charge in [0.2, 0.25) is 0 Å². The highest BCUT2D eigenvalue weighted by Gasteiger charge is 2.33. The van der Waals surface area contributed by atoms with Crippen LogP contribution in [0.2, 0.25) is 0 Å². The Morgan fingerprint density at radius 1 is 1.27 bits per heavy atom. The van der Waals surface area contributed by atoms with Crippen LogP contribution in [0.15, 0.2) is 30.3 Å². The van der Waals surface area contributed by atoms with Crippen molar-refractivity contribution in [1.82, 2.24) is 4.98 Å². The molecule has 5 heterocycles. The highest BCUT2D eigenvalue weighted by molar-refractivity contribution is 7.21. The summed E-state index contributed by atoms with van der Waals surface area (Å²) >= 11 is 1.31. The molecule has 3 aromatic rings. The summed E-state index contributed by atoms with van der Waals surface area (Å²) in [6, 6.07) is 7.76. The summed E-state index contributed by atoms with van der Waals surface area (Å²) in [4.78, 5) is 21.1. The molecule has 3 N–H and O–H groups in total. The van der Waals surface area contributed by atoms with Crippen molar-refractivity contribution in [2.24, 2.45) is 0 Å². The first-order chi connectivity index (χ1) is 12.6. The van der Waals surface area contributed by atoms with Crippen molar-refractivity contribution in [2.45, 2.75) is 18.8 Å². The number of carbonyl (C=O) groups excluding carboxylic acids is 1. The third kappa shape index (κ3) is 2.34. The molecule has 1 saturated heterocycles. The Morgan fingerprint density at radius 2 is 2.00 bits per heavy atom. The second-order valence-electron chi connectivity index (χ2n) is 6.81. The number of piperidine rings is 1. The molecule has 2 bridgehead atoms. The van der Waals surface area contributed by atoms with E-state index in [0.717, 1.165) is 47.5 Å². The van der Waals surface area contributed by atoms with Gasteiger partial charge < -0.3 is 16.0 Å². The van der Waals surface area contributed by atoms with Gasteiger partial charge in [-0.2, -0.15) is 0 Å². The summed E-state index contributed by atoms with van der Waals surface area (Å²) in [5, 5.41) is 3.61. The van der Waals surface area contributed by atoms with Gasteiger partial charge in [0.1, 0.15) is 15.5 Å². The number of amides is 1. The van der Waals surface area contributed by atoms with Crippen molar-refractivity contribution in [3.05, 3.63) is 46.7 Å². The summed E-state index contributed by atoms with van der Waals surface area (Å²) < 4.78 is 13.0. The first-order valence-corrected chi connectivity index (χ1v) is 9.46. The number of fused-ring (bicyclic) bond motifs is 3. The van der Waals surface area contributed by atoms with Crippen LogP contribution in [0.1, 0.15) is 34.1 Å². The van der Waals surface area contributed by atoms with Crippen molar-refractivity contribution < 1.29 is 9.18 Å². The standard InChI is InChI=1S/C19H17FN4OS/c20-11-1-3-12(4-2-11)22-18(25)17-15(21)13-9-14-16(23-19(13)26-17)10-5-7-24(14)8-6-10/h1-4,9-10H,5-8,21H2,(H,22,25). The molecule has 6 rings (SSSR count). The molecule has 0 spiro atoms. The number of nitrogens with one attached hydrogen (secondary N) is 1. The zero-order valence-electron chi connectivity index (χ0n) is 14.0. The molecule has 0 saturated carbocycles. The molecule has 26 heavy (non-hydrogen) atoms. The third-order valence-corrected chi connectivity index (χ3v) is 6.37. The lowest BCUT2D eigenvalue weighted by molar-refractivity contribution is 0.103. The van der Waals surface area contributed by atoms with Gasteiger partial charge in [-0.05, 0) is 43.2 Å². The number of pyridine rings is 1. The van der Waals surface area contributed by atoms with Crippen molar-refractivity contribution in [3.63, 3.8) is 0 Å². The predicted octanol–water partition coefficient (Wildman–Crippen LogP) is 3.97. The number of rotatable bonds is 2. The van der Waals surface area contributed by atoms with E-state index in [2.05, 4.69) is 16.3 Å². The Hall–Kier alpha value is -2.67. The minimum absolute atomic E-state index is 0.293. The maximum atomic E-state index is 13.0. The molecule has 0 radical (unpaired) electrons. The van der Waals surface area contributed by atoms with E-state index in [1.165, 1.54) is 35.6 Å². The van der Waals surface area contributed by atoms with Crippen LogP contribution in [0, 0.1) is 5.82 Å². The van der Waals surface area contributed by atoms with Crippen molar-refractivity contribution in [1.29, 1.82) is 0 Å². The molecule has 7 heteroatoms. The maximum absolute atomic E-state index is 13.0. The number of anilines is 3. The van der Waals surface area contributed by atoms with Gasteiger partial charge in [-0.1, -0.05) is 0 Å². The quantitative estimate of drug-likeness (QED) is 0.718. The minimum atomic E-state index is -0.344. The van der Waals surface area contributed by atoms with Gasteiger partial charge in [0, 0.05) is 30.1 Å². The first-order valence-electron chi connectivity index (χ1n) is 8.65. The number of hydrogen-bond donors (Lipinski definition) is 2. The average molecular weight is 368 g/mol. The molecular weight excluding hydrogens is 351 g/mol. The molecule has 0 unspecified atom stereocenters. The second-order valence-corrected chi connectivity index (χ2v) is 7.81. The summed E-state index contributed by atoms with van der Waals surface area (Å²) in [6.45, 7) is 2.12. The first kappa shape index (κ1) is 15.6. The van der Waals surface area contributed by atoms with Gasteiger partial charge in [-0.25, -0.2) is 9.37 Å². The number of aromatic nitrogens is 1. The summed E-state index contributed by atoms with van der Waals surface area (Å²) in [6.07, 6.45) is 2.29. The van der Waals surface area contributed by atoms with Gasteiger partial charge in [0.15, 0.2) is 0 Å². The molecule has 1 amide bonds. The van der Waals surface area contributed by atoms with E-state index in [4.69, 9.17) is 10.7 Å². The zero-order valence-corrected chi connectivity index (χ0v) is 14.8. The lowest BCUT2D eigenvalue weighted by Gasteiger charge is -2.41. The minimum Gasteiger partial charge on any atom is -0.397 e. The number of nitrogens with zero attached hydrogens (tertiary/aromatic N) is 2. The SMILES string of the molecule is Nc1c(C(=O)Nc2ccc(F)cc2)sc2nc3c(cc12)N1CCC3CC1. The van der Waals surface area contributed by atoms with Gasteiger partial charge in [-0.3, -0.25) is 4.79 Å². The Balaban J connectivity index is 1.53. The Morgan fingerprint density at radius 3 is 2.73 bits per heavy atom. The Kier molecular flexibility index (Phi) is 3.40. The number of nitrogen functional groups attached to an aromatic ring is 1. The molecule has 2 aromatic heterocycles. The van der Waals surface area contributed by atoms with Crippen LogP contribution in [0.25, 0.3) is 10.2 Å². The summed E-state index contributed by atoms with van der Waals surface area (Å²) in [5.74, 6) is -0.124. The molecule has 3 aliphatic heterocycles. The molecule has 1 aromatic carbocycles. The Bertz CT molecular complexity index is 1020. The van der Waals surface area contributed by atoms with Crippen LogP contribution >= 0.6 is 11.3 Å². The highest BCUT2D eigenvalue weighted by atomic mass is 32.1. The largest absolute Gasteiger partial charge is 0.397 e. The van der Waals surface area contributed by atoms with Crippen LogP contribution < -0.4 is 16.0 Å². The fourth-order valence-corrected chi connectivity index (χ4v) is 4.86. The number of thiophene rings is 1. The van der Waals surface area contributed by atoms with Gasteiger partial charge in [0.05, 0.1) is 17.1 Å². The van der Waals surface area contributed by atoms with E-state index in [0.29, 0.717) is 22.2 Å². The number of nitrogens with two attached hydrogens (primary N) is 1. The van der Waals surface area contributed by atoms with Gasteiger partial charge >= 0.3 is 0 Å². The molecular formula is C19H17FN4OS. The average Bonchev–Trinajstić information content (AvgIpc) is 2.99. The van der Waals surface area contributed by atoms with E-state index in [1.807, 2.05) is 0 Å². The van der Waals surface area contributed by atoms with Crippen LogP contribution in [-0.2, 0) is 0 Å². The van der Waals surface area contributed by atoms with E-state index in [9.17, 15) is 9.18 Å². The smallest absolute Gasteiger partial charge is 0.267 e. The predicted molar refractivity (Wildman–Crippen MR) is 103 cm³/mol. The Labute approximate surface area is 153 Å². The zero-order chi connectivity index (χ0) is 17.8. The number of halogens is 1. The molecule has 3 aliphatic rings. The maximum Gasteiger partial charge on any atom is 0.267 e. The van der Waals surface area contributed by atoms with Crippen LogP contribution in [0.3, 0.4) is 0 Å². The normalized spacial score (nSPS) is 16.1. The molecule has 0 atom stereocenters. The van der Waals surface area contributed by atoms with Gasteiger partial charge in [-0.15, -0.1) is 11.3 Å². The molecule has 0 aliphatic carbocycles. The summed E-state index contributed by atoms with van der Waals surface area (Å²) in [5.41, 5.74) is 9.58. The van der Waals surface area contributed by atoms with E-state index in [1.54, 1.807) is 0 Å². The summed E-state index contributed by atoms with van der Waals surface area (Å²) in [7, 11) is 0. The highest BCUT2D eigenvalue weighted by Crippen LogP contribution is 2.45. The fraction of sp³-hybridized carbons (Fsp3) is 0.263. The fourth-order valence-electron chi connectivity index (χ4n) is 3.88. The lowest BCUT2D eigenvalue weighted by Crippen LogP contribution is -2.39. The molecule has 1 fully saturated rings. The van der Waals surface area contributed by atoms with Crippen molar-refractivity contribution >= 4 is 44.5 Å². The van der Waals surface area contributed by atoms with Crippen LogP contribution in [0.4, 0.5) is 21.5 Å². The third-order valence-electron chi connectivity index (χ3n) is 5.26. The number of carbonyl (C=O) groups is 1.